The molecule has 3 heteroatoms. The Balaban J connectivity index is 2.19. The molecule has 0 heterocycles. The monoisotopic (exact) mass is 354 g/mol. The number of rotatable bonds is 4. The minimum Gasteiger partial charge on any atom is -0.430 e. The maximum atomic E-state index is 13.4. The SMILES string of the molecule is CCc1cc(C)cc(C)c1C1=C(OC(=O)C(C)C)[C@H]2CCCC[C@@H]2C1=O. The molecule has 1 saturated carbocycles. The van der Waals surface area contributed by atoms with Crippen LogP contribution in [0.1, 0.15) is 68.7 Å². The molecule has 140 valence electrons. The smallest absolute Gasteiger partial charge is 0.313 e. The molecule has 2 aliphatic carbocycles. The third-order valence-corrected chi connectivity index (χ3v) is 5.81. The van der Waals surface area contributed by atoms with E-state index in [1.165, 1.54) is 11.1 Å². The maximum Gasteiger partial charge on any atom is 0.313 e. The van der Waals surface area contributed by atoms with Crippen molar-refractivity contribution in [2.75, 3.05) is 0 Å². The lowest BCUT2D eigenvalue weighted by atomic mass is 9.80. The predicted molar refractivity (Wildman–Crippen MR) is 104 cm³/mol. The van der Waals surface area contributed by atoms with Gasteiger partial charge < -0.3 is 4.74 Å². The standard InChI is InChI=1S/C23H30O3/c1-6-16-12-14(4)11-15(5)19(16)20-21(24)17-9-7-8-10-18(17)22(20)26-23(25)13(2)3/h11-13,17-18H,6-10H2,1-5H3/t17-,18-/m0/s1. The Bertz CT molecular complexity index is 770. The van der Waals surface area contributed by atoms with Crippen LogP contribution in [0, 0.1) is 31.6 Å². The van der Waals surface area contributed by atoms with Crippen molar-refractivity contribution in [1.29, 1.82) is 0 Å². The second-order valence-electron chi connectivity index (χ2n) is 8.15. The molecule has 1 fully saturated rings. The molecule has 2 atom stereocenters. The number of carbonyl (C=O) groups excluding carboxylic acids is 2. The van der Waals surface area contributed by atoms with Crippen molar-refractivity contribution in [3.05, 3.63) is 40.1 Å². The zero-order valence-electron chi connectivity index (χ0n) is 16.6. The van der Waals surface area contributed by atoms with Gasteiger partial charge in [-0.2, -0.15) is 0 Å². The molecule has 1 aromatic rings. The lowest BCUT2D eigenvalue weighted by Crippen LogP contribution is -2.23. The van der Waals surface area contributed by atoms with Crippen LogP contribution in [0.25, 0.3) is 5.57 Å². The van der Waals surface area contributed by atoms with Crippen LogP contribution >= 0.6 is 0 Å². The van der Waals surface area contributed by atoms with Crippen molar-refractivity contribution in [2.45, 2.75) is 66.7 Å². The van der Waals surface area contributed by atoms with Crippen LogP contribution in [0.3, 0.4) is 0 Å². The third kappa shape index (κ3) is 3.24. The lowest BCUT2D eigenvalue weighted by Gasteiger charge is -2.25. The molecule has 0 aromatic heterocycles. The fraction of sp³-hybridized carbons (Fsp3) is 0.565. The number of hydrogen-bond acceptors (Lipinski definition) is 3. The Morgan fingerprint density at radius 2 is 1.81 bits per heavy atom. The van der Waals surface area contributed by atoms with Gasteiger partial charge in [-0.25, -0.2) is 0 Å². The molecular formula is C23H30O3. The first kappa shape index (κ1) is 18.9. The zero-order valence-corrected chi connectivity index (χ0v) is 16.6. The van der Waals surface area contributed by atoms with Crippen molar-refractivity contribution >= 4 is 17.3 Å². The summed E-state index contributed by atoms with van der Waals surface area (Å²) in [5.41, 5.74) is 5.16. The van der Waals surface area contributed by atoms with Gasteiger partial charge in [0.05, 0.1) is 11.5 Å². The van der Waals surface area contributed by atoms with Crippen molar-refractivity contribution in [1.82, 2.24) is 0 Å². The summed E-state index contributed by atoms with van der Waals surface area (Å²) in [6.07, 6.45) is 4.88. The van der Waals surface area contributed by atoms with Crippen molar-refractivity contribution in [3.8, 4) is 0 Å². The highest BCUT2D eigenvalue weighted by molar-refractivity contribution is 6.25. The number of ketones is 1. The lowest BCUT2D eigenvalue weighted by molar-refractivity contribution is -0.144. The van der Waals surface area contributed by atoms with Gasteiger partial charge in [0.25, 0.3) is 0 Å². The van der Waals surface area contributed by atoms with E-state index in [0.29, 0.717) is 11.3 Å². The number of aryl methyl sites for hydroxylation is 3. The Morgan fingerprint density at radius 3 is 2.42 bits per heavy atom. The Hall–Kier alpha value is -1.90. The number of Topliss-reactive ketones (excluding diaryl/α,β-unsaturated/α-hetero) is 1. The Kier molecular flexibility index (Phi) is 5.36. The van der Waals surface area contributed by atoms with Crippen molar-refractivity contribution in [3.63, 3.8) is 0 Å². The molecule has 26 heavy (non-hydrogen) atoms. The van der Waals surface area contributed by atoms with Gasteiger partial charge in [0.15, 0.2) is 5.78 Å². The molecule has 0 spiro atoms. The minimum absolute atomic E-state index is 0.0147. The number of fused-ring (bicyclic) bond motifs is 1. The fourth-order valence-corrected chi connectivity index (χ4v) is 4.54. The molecule has 0 unspecified atom stereocenters. The second kappa shape index (κ2) is 7.38. The molecule has 0 aliphatic heterocycles. The summed E-state index contributed by atoms with van der Waals surface area (Å²) in [7, 11) is 0. The average molecular weight is 354 g/mol. The van der Waals surface area contributed by atoms with E-state index >= 15 is 0 Å². The van der Waals surface area contributed by atoms with E-state index in [-0.39, 0.29) is 29.5 Å². The molecule has 0 N–H and O–H groups in total. The van der Waals surface area contributed by atoms with E-state index in [1.54, 1.807) is 0 Å². The van der Waals surface area contributed by atoms with Gasteiger partial charge in [-0.3, -0.25) is 9.59 Å². The predicted octanol–water partition coefficient (Wildman–Crippen LogP) is 5.17. The van der Waals surface area contributed by atoms with Crippen LogP contribution in [0.4, 0.5) is 0 Å². The normalized spacial score (nSPS) is 22.8. The molecule has 3 nitrogen and oxygen atoms in total. The van der Waals surface area contributed by atoms with Crippen LogP contribution < -0.4 is 0 Å². The molecule has 2 aliphatic rings. The first-order valence-corrected chi connectivity index (χ1v) is 9.95. The van der Waals surface area contributed by atoms with Crippen LogP contribution in [-0.4, -0.2) is 11.8 Å². The van der Waals surface area contributed by atoms with Crippen LogP contribution in [0.15, 0.2) is 17.9 Å². The highest BCUT2D eigenvalue weighted by atomic mass is 16.5. The highest BCUT2D eigenvalue weighted by Crippen LogP contribution is 2.48. The number of allylic oxidation sites excluding steroid dienone is 2. The third-order valence-electron chi connectivity index (χ3n) is 5.81. The van der Waals surface area contributed by atoms with Crippen LogP contribution in [-0.2, 0) is 20.7 Å². The van der Waals surface area contributed by atoms with E-state index in [0.717, 1.165) is 43.2 Å². The van der Waals surface area contributed by atoms with Gasteiger partial charge in [-0.15, -0.1) is 0 Å². The van der Waals surface area contributed by atoms with Gasteiger partial charge in [-0.1, -0.05) is 51.3 Å². The Morgan fingerprint density at radius 1 is 1.15 bits per heavy atom. The molecule has 0 bridgehead atoms. The number of esters is 1. The van der Waals surface area contributed by atoms with E-state index in [9.17, 15) is 9.59 Å². The molecule has 0 saturated heterocycles. The minimum atomic E-state index is -0.237. The zero-order chi connectivity index (χ0) is 19.0. The van der Waals surface area contributed by atoms with Crippen molar-refractivity contribution in [2.24, 2.45) is 17.8 Å². The molecule has 1 aromatic carbocycles. The van der Waals surface area contributed by atoms with Gasteiger partial charge in [0.1, 0.15) is 5.76 Å². The van der Waals surface area contributed by atoms with Crippen molar-refractivity contribution < 1.29 is 14.3 Å². The van der Waals surface area contributed by atoms with Crippen LogP contribution in [0.5, 0.6) is 0 Å². The van der Waals surface area contributed by atoms with Gasteiger partial charge in [-0.05, 0) is 49.8 Å². The maximum absolute atomic E-state index is 13.4. The summed E-state index contributed by atoms with van der Waals surface area (Å²) in [5.74, 6) is 0.451. The summed E-state index contributed by atoms with van der Waals surface area (Å²) in [6, 6.07) is 4.28. The first-order chi connectivity index (χ1) is 12.3. The quantitative estimate of drug-likeness (QED) is 0.701. The Labute approximate surface area is 156 Å². The molecule has 0 radical (unpaired) electrons. The van der Waals surface area contributed by atoms with E-state index in [4.69, 9.17) is 4.74 Å². The summed E-state index contributed by atoms with van der Waals surface area (Å²) in [5, 5.41) is 0. The highest BCUT2D eigenvalue weighted by Gasteiger charge is 2.46. The fourth-order valence-electron chi connectivity index (χ4n) is 4.54. The molecule has 0 amide bonds. The first-order valence-electron chi connectivity index (χ1n) is 9.95. The van der Waals surface area contributed by atoms with Gasteiger partial charge >= 0.3 is 5.97 Å². The average Bonchev–Trinajstić information content (AvgIpc) is 2.87. The second-order valence-corrected chi connectivity index (χ2v) is 8.15. The van der Waals surface area contributed by atoms with Gasteiger partial charge in [0.2, 0.25) is 0 Å². The van der Waals surface area contributed by atoms with E-state index < -0.39 is 0 Å². The van der Waals surface area contributed by atoms with Gasteiger partial charge in [0, 0.05) is 11.8 Å². The topological polar surface area (TPSA) is 43.4 Å². The molecular weight excluding hydrogens is 324 g/mol. The van der Waals surface area contributed by atoms with E-state index in [2.05, 4.69) is 32.9 Å². The molecule has 3 rings (SSSR count). The number of ether oxygens (including phenoxy) is 1. The summed E-state index contributed by atoms with van der Waals surface area (Å²) < 4.78 is 5.88. The summed E-state index contributed by atoms with van der Waals surface area (Å²) in [4.78, 5) is 25.7. The number of hydrogen-bond donors (Lipinski definition) is 0. The van der Waals surface area contributed by atoms with Crippen LogP contribution in [0.2, 0.25) is 0 Å². The van der Waals surface area contributed by atoms with E-state index in [1.807, 2.05) is 13.8 Å². The largest absolute Gasteiger partial charge is 0.430 e. The number of benzene rings is 1. The summed E-state index contributed by atoms with van der Waals surface area (Å²) >= 11 is 0. The number of carbonyl (C=O) groups is 2. The summed E-state index contributed by atoms with van der Waals surface area (Å²) in [6.45, 7) is 9.94.